The van der Waals surface area contributed by atoms with Crippen LogP contribution in [0.1, 0.15) is 31.7 Å². The van der Waals surface area contributed by atoms with Crippen LogP contribution in [0, 0.1) is 0 Å². The van der Waals surface area contributed by atoms with Gasteiger partial charge in [0.25, 0.3) is 10.2 Å². The smallest absolute Gasteiger partial charge is 0.279 e. The zero-order valence-electron chi connectivity index (χ0n) is 13.5. The fourth-order valence-corrected chi connectivity index (χ4v) is 3.65. The molecule has 1 aromatic carbocycles. The van der Waals surface area contributed by atoms with Crippen LogP contribution in [0.2, 0.25) is 0 Å². The number of hydrogen-bond acceptors (Lipinski definition) is 3. The molecule has 5 nitrogen and oxygen atoms in total. The minimum atomic E-state index is -3.42. The van der Waals surface area contributed by atoms with E-state index in [2.05, 4.69) is 16.5 Å². The van der Waals surface area contributed by atoms with E-state index in [4.69, 9.17) is 0 Å². The van der Waals surface area contributed by atoms with E-state index in [1.165, 1.54) is 23.6 Å². The van der Waals surface area contributed by atoms with Gasteiger partial charge in [-0.2, -0.15) is 17.4 Å². The fourth-order valence-electron chi connectivity index (χ4n) is 2.76. The average Bonchev–Trinajstić information content (AvgIpc) is 2.53. The predicted octanol–water partition coefficient (Wildman–Crippen LogP) is 1.83. The Hall–Kier alpha value is -0.950. The van der Waals surface area contributed by atoms with Gasteiger partial charge in [-0.1, -0.05) is 36.8 Å². The van der Waals surface area contributed by atoms with Crippen molar-refractivity contribution in [3.63, 3.8) is 0 Å². The fraction of sp³-hybridized carbons (Fsp3) is 0.625. The number of rotatable bonds is 7. The molecule has 124 valence electrons. The highest BCUT2D eigenvalue weighted by Crippen LogP contribution is 2.15. The van der Waals surface area contributed by atoms with Crippen LogP contribution < -0.4 is 4.72 Å². The molecule has 1 aromatic rings. The third-order valence-electron chi connectivity index (χ3n) is 4.35. The Labute approximate surface area is 134 Å². The molecule has 1 fully saturated rings. The van der Waals surface area contributed by atoms with E-state index in [1.807, 2.05) is 30.3 Å². The number of piperidine rings is 1. The van der Waals surface area contributed by atoms with Crippen molar-refractivity contribution in [2.24, 2.45) is 0 Å². The molecule has 0 aromatic heterocycles. The minimum Gasteiger partial charge on any atom is -0.299 e. The minimum absolute atomic E-state index is 0.327. The van der Waals surface area contributed by atoms with Crippen molar-refractivity contribution in [1.82, 2.24) is 13.9 Å². The zero-order valence-corrected chi connectivity index (χ0v) is 14.3. The van der Waals surface area contributed by atoms with Gasteiger partial charge in [-0.3, -0.25) is 4.90 Å². The Balaban J connectivity index is 1.81. The number of likely N-dealkylation sites (N-methyl/N-ethyl adjacent to an activating group) is 1. The Morgan fingerprint density at radius 3 is 2.68 bits per heavy atom. The largest absolute Gasteiger partial charge is 0.299 e. The van der Waals surface area contributed by atoms with Gasteiger partial charge in [0.05, 0.1) is 0 Å². The molecule has 1 unspecified atom stereocenters. The van der Waals surface area contributed by atoms with Gasteiger partial charge in [-0.25, -0.2) is 0 Å². The number of likely N-dealkylation sites (tertiary alicyclic amines) is 1. The van der Waals surface area contributed by atoms with E-state index >= 15 is 0 Å². The highest BCUT2D eigenvalue weighted by atomic mass is 32.2. The van der Waals surface area contributed by atoms with Gasteiger partial charge < -0.3 is 0 Å². The van der Waals surface area contributed by atoms with Crippen LogP contribution in [0.25, 0.3) is 0 Å². The van der Waals surface area contributed by atoms with Crippen molar-refractivity contribution in [2.45, 2.75) is 38.8 Å². The number of benzene rings is 1. The molecule has 6 heteroatoms. The molecular formula is C16H27N3O2S. The summed E-state index contributed by atoms with van der Waals surface area (Å²) in [6, 6.07) is 10.1. The van der Waals surface area contributed by atoms with Crippen LogP contribution in [-0.2, 0) is 16.8 Å². The van der Waals surface area contributed by atoms with Crippen molar-refractivity contribution < 1.29 is 8.42 Å². The van der Waals surface area contributed by atoms with Gasteiger partial charge in [0.1, 0.15) is 0 Å². The van der Waals surface area contributed by atoms with Gasteiger partial charge in [0.2, 0.25) is 0 Å². The van der Waals surface area contributed by atoms with Crippen LogP contribution in [0.3, 0.4) is 0 Å². The molecule has 0 bridgehead atoms. The highest BCUT2D eigenvalue weighted by Gasteiger charge is 2.21. The lowest BCUT2D eigenvalue weighted by atomic mass is 10.0. The average molecular weight is 325 g/mol. The summed E-state index contributed by atoms with van der Waals surface area (Å²) in [5, 5.41) is 0. The normalized spacial score (nSPS) is 20.4. The maximum absolute atomic E-state index is 12.3. The lowest BCUT2D eigenvalue weighted by Crippen LogP contribution is -2.45. The molecule has 1 N–H and O–H groups in total. The van der Waals surface area contributed by atoms with Gasteiger partial charge in [0.15, 0.2) is 0 Å². The summed E-state index contributed by atoms with van der Waals surface area (Å²) in [7, 11) is -1.78. The maximum atomic E-state index is 12.3. The van der Waals surface area contributed by atoms with Crippen molar-refractivity contribution in [3.05, 3.63) is 35.9 Å². The first-order valence-corrected chi connectivity index (χ1v) is 9.42. The SMILES string of the molecule is CC1CCCCN1CCN(C)S(=O)(=O)NCc1ccccc1. The van der Waals surface area contributed by atoms with E-state index in [-0.39, 0.29) is 0 Å². The second-order valence-electron chi connectivity index (χ2n) is 6.01. The van der Waals surface area contributed by atoms with Crippen molar-refractivity contribution in [3.8, 4) is 0 Å². The Kier molecular flexibility index (Phi) is 6.37. The van der Waals surface area contributed by atoms with E-state index < -0.39 is 10.2 Å². The number of nitrogens with one attached hydrogen (secondary N) is 1. The molecule has 0 amide bonds. The second-order valence-corrected chi connectivity index (χ2v) is 7.88. The van der Waals surface area contributed by atoms with Gasteiger partial charge in [0, 0.05) is 32.7 Å². The predicted molar refractivity (Wildman–Crippen MR) is 89.7 cm³/mol. The molecule has 0 saturated carbocycles. The molecule has 1 atom stereocenters. The topological polar surface area (TPSA) is 52.7 Å². The molecule has 22 heavy (non-hydrogen) atoms. The van der Waals surface area contributed by atoms with E-state index in [9.17, 15) is 8.42 Å². The maximum Gasteiger partial charge on any atom is 0.279 e. The van der Waals surface area contributed by atoms with Gasteiger partial charge in [-0.15, -0.1) is 0 Å². The van der Waals surface area contributed by atoms with Crippen molar-refractivity contribution in [1.29, 1.82) is 0 Å². The molecule has 1 aliphatic rings. The van der Waals surface area contributed by atoms with E-state index in [0.29, 0.717) is 19.1 Å². The monoisotopic (exact) mass is 325 g/mol. The number of hydrogen-bond donors (Lipinski definition) is 1. The quantitative estimate of drug-likeness (QED) is 0.832. The van der Waals surface area contributed by atoms with Crippen molar-refractivity contribution >= 4 is 10.2 Å². The standard InChI is InChI=1S/C16H27N3O2S/c1-15-8-6-7-11-19(15)13-12-18(2)22(20,21)17-14-16-9-4-3-5-10-16/h3-5,9-10,15,17H,6-8,11-14H2,1-2H3. The summed E-state index contributed by atoms with van der Waals surface area (Å²) in [4.78, 5) is 2.38. The Morgan fingerprint density at radius 2 is 2.00 bits per heavy atom. The molecule has 1 heterocycles. The first-order valence-electron chi connectivity index (χ1n) is 7.98. The Bertz CT molecular complexity index is 548. The molecule has 1 aliphatic heterocycles. The van der Waals surface area contributed by atoms with Crippen LogP contribution in [-0.4, -0.2) is 50.3 Å². The molecule has 1 saturated heterocycles. The summed E-state index contributed by atoms with van der Waals surface area (Å²) < 4.78 is 28.6. The molecule has 2 rings (SSSR count). The molecular weight excluding hydrogens is 298 g/mol. The summed E-state index contributed by atoms with van der Waals surface area (Å²) in [5.74, 6) is 0. The van der Waals surface area contributed by atoms with Gasteiger partial charge in [-0.05, 0) is 31.9 Å². The zero-order chi connectivity index (χ0) is 16.0. The molecule has 0 spiro atoms. The lowest BCUT2D eigenvalue weighted by molar-refractivity contribution is 0.154. The van der Waals surface area contributed by atoms with E-state index in [1.54, 1.807) is 7.05 Å². The van der Waals surface area contributed by atoms with Crippen LogP contribution in [0.5, 0.6) is 0 Å². The summed E-state index contributed by atoms with van der Waals surface area (Å²) >= 11 is 0. The van der Waals surface area contributed by atoms with Gasteiger partial charge >= 0.3 is 0 Å². The molecule has 0 aliphatic carbocycles. The summed E-state index contributed by atoms with van der Waals surface area (Å²) in [6.07, 6.45) is 3.71. The van der Waals surface area contributed by atoms with Crippen LogP contribution in [0.4, 0.5) is 0 Å². The lowest BCUT2D eigenvalue weighted by Gasteiger charge is -2.34. The second kappa shape index (κ2) is 8.06. The third-order valence-corrected chi connectivity index (χ3v) is 5.87. The third kappa shape index (κ3) is 5.05. The first-order chi connectivity index (χ1) is 10.5. The number of nitrogens with zero attached hydrogens (tertiary/aromatic N) is 2. The molecule has 0 radical (unpaired) electrons. The summed E-state index contributed by atoms with van der Waals surface area (Å²) in [5.41, 5.74) is 0.962. The highest BCUT2D eigenvalue weighted by molar-refractivity contribution is 7.87. The first kappa shape index (κ1) is 17.4. The van der Waals surface area contributed by atoms with Crippen molar-refractivity contribution in [2.75, 3.05) is 26.7 Å². The summed E-state index contributed by atoms with van der Waals surface area (Å²) in [6.45, 7) is 4.94. The van der Waals surface area contributed by atoms with Crippen LogP contribution in [0.15, 0.2) is 30.3 Å². The van der Waals surface area contributed by atoms with E-state index in [0.717, 1.165) is 18.7 Å². The van der Waals surface area contributed by atoms with Crippen LogP contribution >= 0.6 is 0 Å². The Morgan fingerprint density at radius 1 is 1.27 bits per heavy atom.